The summed E-state index contributed by atoms with van der Waals surface area (Å²) >= 11 is 0. The standard InChI is InChI=1S/C22H21NO3/c1-14-13-20(21(25-3)15(2)23-14)17-11-9-16(10-12-17)18-7-5-6-8-19(18)22(24)26-4/h5-13H,1-4H3. The molecule has 0 N–H and O–H groups in total. The first-order valence-electron chi connectivity index (χ1n) is 8.35. The van der Waals surface area contributed by atoms with Crippen LogP contribution in [0, 0.1) is 13.8 Å². The van der Waals surface area contributed by atoms with Crippen molar-refractivity contribution < 1.29 is 14.3 Å². The van der Waals surface area contributed by atoms with Crippen molar-refractivity contribution in [3.8, 4) is 28.0 Å². The second-order valence-electron chi connectivity index (χ2n) is 6.04. The number of aryl methyl sites for hydroxylation is 2. The number of aromatic nitrogens is 1. The third-order valence-electron chi connectivity index (χ3n) is 4.31. The highest BCUT2D eigenvalue weighted by molar-refractivity contribution is 5.97. The van der Waals surface area contributed by atoms with Crippen molar-refractivity contribution in [2.45, 2.75) is 13.8 Å². The van der Waals surface area contributed by atoms with Crippen LogP contribution in [-0.4, -0.2) is 25.2 Å². The van der Waals surface area contributed by atoms with Crippen LogP contribution in [0.5, 0.6) is 5.75 Å². The fourth-order valence-corrected chi connectivity index (χ4v) is 3.14. The minimum absolute atomic E-state index is 0.341. The quantitative estimate of drug-likeness (QED) is 0.634. The van der Waals surface area contributed by atoms with Gasteiger partial charge < -0.3 is 9.47 Å². The first kappa shape index (κ1) is 17.7. The zero-order valence-corrected chi connectivity index (χ0v) is 15.4. The van der Waals surface area contributed by atoms with Crippen LogP contribution in [0.3, 0.4) is 0 Å². The third-order valence-corrected chi connectivity index (χ3v) is 4.31. The highest BCUT2D eigenvalue weighted by Crippen LogP contribution is 2.34. The van der Waals surface area contributed by atoms with Gasteiger partial charge in [0, 0.05) is 11.3 Å². The summed E-state index contributed by atoms with van der Waals surface area (Å²) < 4.78 is 10.4. The Morgan fingerprint density at radius 1 is 0.885 bits per heavy atom. The summed E-state index contributed by atoms with van der Waals surface area (Å²) in [6.07, 6.45) is 0. The van der Waals surface area contributed by atoms with Crippen molar-refractivity contribution in [1.82, 2.24) is 4.98 Å². The average Bonchev–Trinajstić information content (AvgIpc) is 2.67. The van der Waals surface area contributed by atoms with Crippen LogP contribution < -0.4 is 4.74 Å². The van der Waals surface area contributed by atoms with Crippen LogP contribution in [0.15, 0.2) is 54.6 Å². The van der Waals surface area contributed by atoms with Crippen molar-refractivity contribution in [3.63, 3.8) is 0 Å². The van der Waals surface area contributed by atoms with Gasteiger partial charge in [0.05, 0.1) is 25.5 Å². The van der Waals surface area contributed by atoms with Gasteiger partial charge in [-0.05, 0) is 42.7 Å². The smallest absolute Gasteiger partial charge is 0.338 e. The van der Waals surface area contributed by atoms with E-state index in [1.807, 2.05) is 62.4 Å². The molecule has 1 heterocycles. The molecule has 2 aromatic carbocycles. The van der Waals surface area contributed by atoms with Crippen molar-refractivity contribution in [2.24, 2.45) is 0 Å². The molecule has 0 aliphatic rings. The SMILES string of the molecule is COC(=O)c1ccccc1-c1ccc(-c2cc(C)nc(C)c2OC)cc1. The maximum Gasteiger partial charge on any atom is 0.338 e. The molecule has 0 unspecified atom stereocenters. The predicted molar refractivity (Wildman–Crippen MR) is 102 cm³/mol. The van der Waals surface area contributed by atoms with Gasteiger partial charge in [-0.2, -0.15) is 0 Å². The molecule has 3 aromatic rings. The predicted octanol–water partition coefficient (Wildman–Crippen LogP) is 4.83. The minimum atomic E-state index is -0.341. The summed E-state index contributed by atoms with van der Waals surface area (Å²) in [6, 6.07) is 17.5. The molecular weight excluding hydrogens is 326 g/mol. The lowest BCUT2D eigenvalue weighted by atomic mass is 9.96. The van der Waals surface area contributed by atoms with Gasteiger partial charge in [0.1, 0.15) is 5.75 Å². The Kier molecular flexibility index (Phi) is 5.03. The number of hydrogen-bond donors (Lipinski definition) is 0. The first-order chi connectivity index (χ1) is 12.5. The van der Waals surface area contributed by atoms with Crippen LogP contribution in [0.1, 0.15) is 21.7 Å². The lowest BCUT2D eigenvalue weighted by Crippen LogP contribution is -2.03. The third kappa shape index (κ3) is 3.31. The number of ether oxygens (including phenoxy) is 2. The Bertz CT molecular complexity index is 946. The van der Waals surface area contributed by atoms with Crippen molar-refractivity contribution in [3.05, 3.63) is 71.5 Å². The zero-order chi connectivity index (χ0) is 18.7. The summed E-state index contributed by atoms with van der Waals surface area (Å²) in [5.41, 5.74) is 6.20. The van der Waals surface area contributed by atoms with E-state index in [0.717, 1.165) is 39.4 Å². The van der Waals surface area contributed by atoms with Gasteiger partial charge in [-0.1, -0.05) is 42.5 Å². The van der Waals surface area contributed by atoms with Crippen LogP contribution >= 0.6 is 0 Å². The molecule has 0 aliphatic carbocycles. The first-order valence-corrected chi connectivity index (χ1v) is 8.35. The van der Waals surface area contributed by atoms with Crippen LogP contribution in [0.4, 0.5) is 0 Å². The van der Waals surface area contributed by atoms with Gasteiger partial charge in [0.25, 0.3) is 0 Å². The van der Waals surface area contributed by atoms with Gasteiger partial charge in [0.2, 0.25) is 0 Å². The molecule has 0 amide bonds. The molecule has 0 bridgehead atoms. The second kappa shape index (κ2) is 7.40. The molecule has 0 radical (unpaired) electrons. The van der Waals surface area contributed by atoms with Gasteiger partial charge in [-0.3, -0.25) is 4.98 Å². The normalized spacial score (nSPS) is 10.5. The number of methoxy groups -OCH3 is 2. The van der Waals surface area contributed by atoms with Gasteiger partial charge >= 0.3 is 5.97 Å². The lowest BCUT2D eigenvalue weighted by molar-refractivity contribution is 0.0601. The molecule has 0 atom stereocenters. The number of pyridine rings is 1. The summed E-state index contributed by atoms with van der Waals surface area (Å²) in [5.74, 6) is 0.435. The number of esters is 1. The maximum atomic E-state index is 12.0. The number of carbonyl (C=O) groups is 1. The molecule has 4 nitrogen and oxygen atoms in total. The zero-order valence-electron chi connectivity index (χ0n) is 15.4. The molecule has 4 heteroatoms. The summed E-state index contributed by atoms with van der Waals surface area (Å²) in [6.45, 7) is 3.91. The molecule has 3 rings (SSSR count). The van der Waals surface area contributed by atoms with Crippen LogP contribution in [-0.2, 0) is 4.74 Å². The fraction of sp³-hybridized carbons (Fsp3) is 0.182. The van der Waals surface area contributed by atoms with Gasteiger partial charge in [-0.15, -0.1) is 0 Å². The van der Waals surface area contributed by atoms with Gasteiger partial charge in [0.15, 0.2) is 0 Å². The van der Waals surface area contributed by atoms with E-state index in [2.05, 4.69) is 4.98 Å². The summed E-state index contributed by atoms with van der Waals surface area (Å²) in [4.78, 5) is 16.5. The number of rotatable bonds is 4. The van der Waals surface area contributed by atoms with E-state index in [0.29, 0.717) is 5.56 Å². The topological polar surface area (TPSA) is 48.4 Å². The molecule has 0 saturated carbocycles. The second-order valence-corrected chi connectivity index (χ2v) is 6.04. The highest BCUT2D eigenvalue weighted by Gasteiger charge is 2.14. The molecule has 26 heavy (non-hydrogen) atoms. The Labute approximate surface area is 153 Å². The lowest BCUT2D eigenvalue weighted by Gasteiger charge is -2.13. The Balaban J connectivity index is 2.05. The van der Waals surface area contributed by atoms with E-state index in [1.54, 1.807) is 13.2 Å². The van der Waals surface area contributed by atoms with Crippen molar-refractivity contribution in [2.75, 3.05) is 14.2 Å². The van der Waals surface area contributed by atoms with E-state index in [1.165, 1.54) is 7.11 Å². The van der Waals surface area contributed by atoms with Crippen LogP contribution in [0.25, 0.3) is 22.3 Å². The maximum absolute atomic E-state index is 12.0. The van der Waals surface area contributed by atoms with Crippen molar-refractivity contribution >= 4 is 5.97 Å². The Morgan fingerprint density at radius 2 is 1.50 bits per heavy atom. The monoisotopic (exact) mass is 347 g/mol. The summed E-state index contributed by atoms with van der Waals surface area (Å²) in [7, 11) is 3.05. The molecule has 0 aliphatic heterocycles. The number of carbonyl (C=O) groups excluding carboxylic acids is 1. The number of nitrogens with zero attached hydrogens (tertiary/aromatic N) is 1. The fourth-order valence-electron chi connectivity index (χ4n) is 3.14. The van der Waals surface area contributed by atoms with Crippen molar-refractivity contribution in [1.29, 1.82) is 0 Å². The van der Waals surface area contributed by atoms with E-state index in [4.69, 9.17) is 9.47 Å². The number of benzene rings is 2. The number of hydrogen-bond acceptors (Lipinski definition) is 4. The van der Waals surface area contributed by atoms with E-state index >= 15 is 0 Å². The largest absolute Gasteiger partial charge is 0.494 e. The molecule has 0 fully saturated rings. The Morgan fingerprint density at radius 3 is 2.12 bits per heavy atom. The molecule has 0 saturated heterocycles. The Hall–Kier alpha value is -3.14. The van der Waals surface area contributed by atoms with E-state index in [-0.39, 0.29) is 5.97 Å². The van der Waals surface area contributed by atoms with Gasteiger partial charge in [-0.25, -0.2) is 4.79 Å². The van der Waals surface area contributed by atoms with E-state index in [9.17, 15) is 4.79 Å². The summed E-state index contributed by atoms with van der Waals surface area (Å²) in [5, 5.41) is 0. The van der Waals surface area contributed by atoms with E-state index < -0.39 is 0 Å². The minimum Gasteiger partial charge on any atom is -0.494 e. The molecule has 132 valence electrons. The van der Waals surface area contributed by atoms with Crippen LogP contribution in [0.2, 0.25) is 0 Å². The molecular formula is C22H21NO3. The average molecular weight is 347 g/mol. The molecule has 0 spiro atoms. The molecule has 1 aromatic heterocycles. The highest BCUT2D eigenvalue weighted by atomic mass is 16.5.